The Labute approximate surface area is 84.5 Å². The second-order valence-electron chi connectivity index (χ2n) is 3.37. The Morgan fingerprint density at radius 3 is 3.00 bits per heavy atom. The molecule has 0 spiro atoms. The average molecular weight is 198 g/mol. The van der Waals surface area contributed by atoms with E-state index in [2.05, 4.69) is 5.10 Å². The van der Waals surface area contributed by atoms with Crippen LogP contribution < -0.4 is 0 Å². The molecule has 1 atom stereocenters. The lowest BCUT2D eigenvalue weighted by molar-refractivity contribution is 0.0384. The Morgan fingerprint density at radius 2 is 2.43 bits per heavy atom. The van der Waals surface area contributed by atoms with Gasteiger partial charge in [-0.2, -0.15) is 5.10 Å². The minimum absolute atomic E-state index is 0.366. The highest BCUT2D eigenvalue weighted by molar-refractivity contribution is 5.03. The average Bonchev–Trinajstić information content (AvgIpc) is 2.58. The lowest BCUT2D eigenvalue weighted by Gasteiger charge is -2.08. The van der Waals surface area contributed by atoms with Gasteiger partial charge in [0.05, 0.1) is 18.9 Å². The van der Waals surface area contributed by atoms with Crippen LogP contribution in [0.5, 0.6) is 0 Å². The SMILES string of the molecule is CCOCC(O)CCc1cnn(C)c1. The van der Waals surface area contributed by atoms with E-state index in [-0.39, 0.29) is 6.10 Å². The van der Waals surface area contributed by atoms with Gasteiger partial charge in [0.15, 0.2) is 0 Å². The molecule has 0 saturated heterocycles. The summed E-state index contributed by atoms with van der Waals surface area (Å²) >= 11 is 0. The monoisotopic (exact) mass is 198 g/mol. The molecule has 0 aliphatic heterocycles. The topological polar surface area (TPSA) is 47.3 Å². The molecule has 0 fully saturated rings. The third-order valence-electron chi connectivity index (χ3n) is 2.04. The number of rotatable bonds is 6. The minimum atomic E-state index is -0.366. The summed E-state index contributed by atoms with van der Waals surface area (Å²) in [6, 6.07) is 0. The minimum Gasteiger partial charge on any atom is -0.391 e. The first-order chi connectivity index (χ1) is 6.72. The number of ether oxygens (including phenoxy) is 1. The van der Waals surface area contributed by atoms with Gasteiger partial charge < -0.3 is 9.84 Å². The Morgan fingerprint density at radius 1 is 1.64 bits per heavy atom. The fraction of sp³-hybridized carbons (Fsp3) is 0.700. The van der Waals surface area contributed by atoms with Crippen LogP contribution in [0.3, 0.4) is 0 Å². The van der Waals surface area contributed by atoms with Crippen molar-refractivity contribution >= 4 is 0 Å². The van der Waals surface area contributed by atoms with Gasteiger partial charge in [-0.05, 0) is 25.3 Å². The van der Waals surface area contributed by atoms with Crippen molar-refractivity contribution in [3.8, 4) is 0 Å². The van der Waals surface area contributed by atoms with Crippen molar-refractivity contribution in [3.63, 3.8) is 0 Å². The molecule has 80 valence electrons. The number of aliphatic hydroxyl groups is 1. The summed E-state index contributed by atoms with van der Waals surface area (Å²) in [5.74, 6) is 0. The predicted octanol–water partition coefficient (Wildman–Crippen LogP) is 0.750. The maximum Gasteiger partial charge on any atom is 0.0776 e. The van der Waals surface area contributed by atoms with Crippen LogP contribution in [0.15, 0.2) is 12.4 Å². The number of hydrogen-bond donors (Lipinski definition) is 1. The van der Waals surface area contributed by atoms with E-state index in [0.717, 1.165) is 18.4 Å². The van der Waals surface area contributed by atoms with Crippen molar-refractivity contribution in [3.05, 3.63) is 18.0 Å². The van der Waals surface area contributed by atoms with E-state index in [1.807, 2.05) is 26.4 Å². The predicted molar refractivity (Wildman–Crippen MR) is 54.0 cm³/mol. The van der Waals surface area contributed by atoms with Gasteiger partial charge in [0, 0.05) is 19.9 Å². The molecule has 1 unspecified atom stereocenters. The zero-order valence-corrected chi connectivity index (χ0v) is 8.81. The molecule has 1 aromatic heterocycles. The van der Waals surface area contributed by atoms with Crippen molar-refractivity contribution in [2.75, 3.05) is 13.2 Å². The summed E-state index contributed by atoms with van der Waals surface area (Å²) in [5.41, 5.74) is 1.16. The van der Waals surface area contributed by atoms with Gasteiger partial charge in [-0.15, -0.1) is 0 Å². The van der Waals surface area contributed by atoms with Gasteiger partial charge in [-0.3, -0.25) is 4.68 Å². The van der Waals surface area contributed by atoms with E-state index in [1.165, 1.54) is 0 Å². The Hall–Kier alpha value is -0.870. The zero-order valence-electron chi connectivity index (χ0n) is 8.81. The fourth-order valence-corrected chi connectivity index (χ4v) is 1.27. The first kappa shape index (κ1) is 11.2. The van der Waals surface area contributed by atoms with Crippen molar-refractivity contribution in [1.82, 2.24) is 9.78 Å². The van der Waals surface area contributed by atoms with E-state index in [4.69, 9.17) is 4.74 Å². The van der Waals surface area contributed by atoms with Crippen LogP contribution in [0.1, 0.15) is 18.9 Å². The largest absolute Gasteiger partial charge is 0.391 e. The summed E-state index contributed by atoms with van der Waals surface area (Å²) in [6.07, 6.45) is 5.00. The van der Waals surface area contributed by atoms with Gasteiger partial charge in [0.2, 0.25) is 0 Å². The smallest absolute Gasteiger partial charge is 0.0776 e. The third-order valence-corrected chi connectivity index (χ3v) is 2.04. The van der Waals surface area contributed by atoms with E-state index < -0.39 is 0 Å². The normalized spacial score (nSPS) is 13.1. The summed E-state index contributed by atoms with van der Waals surface area (Å²) in [6.45, 7) is 3.01. The zero-order chi connectivity index (χ0) is 10.4. The maximum absolute atomic E-state index is 9.50. The molecule has 1 aromatic rings. The molecule has 0 saturated carbocycles. The summed E-state index contributed by atoms with van der Waals surface area (Å²) < 4.78 is 6.89. The first-order valence-corrected chi connectivity index (χ1v) is 4.95. The van der Waals surface area contributed by atoms with Gasteiger partial charge in [0.25, 0.3) is 0 Å². The standard InChI is InChI=1S/C10H18N2O2/c1-3-14-8-10(13)5-4-9-6-11-12(2)7-9/h6-7,10,13H,3-5,8H2,1-2H3. The quantitative estimate of drug-likeness (QED) is 0.733. The van der Waals surface area contributed by atoms with Crippen LogP contribution in [-0.2, 0) is 18.2 Å². The molecule has 0 radical (unpaired) electrons. The highest BCUT2D eigenvalue weighted by Gasteiger charge is 2.05. The van der Waals surface area contributed by atoms with Gasteiger partial charge in [-0.1, -0.05) is 0 Å². The van der Waals surface area contributed by atoms with Crippen LogP contribution in [0.25, 0.3) is 0 Å². The number of aromatic nitrogens is 2. The molecule has 1 heterocycles. The van der Waals surface area contributed by atoms with E-state index >= 15 is 0 Å². The van der Waals surface area contributed by atoms with Gasteiger partial charge in [-0.25, -0.2) is 0 Å². The summed E-state index contributed by atoms with van der Waals surface area (Å²) in [5, 5.41) is 13.6. The number of aryl methyl sites for hydroxylation is 2. The van der Waals surface area contributed by atoms with E-state index in [0.29, 0.717) is 13.2 Å². The van der Waals surface area contributed by atoms with Crippen molar-refractivity contribution in [2.24, 2.45) is 7.05 Å². The molecule has 4 nitrogen and oxygen atoms in total. The van der Waals surface area contributed by atoms with Crippen LogP contribution in [0, 0.1) is 0 Å². The Balaban J connectivity index is 2.20. The van der Waals surface area contributed by atoms with Crippen molar-refractivity contribution < 1.29 is 9.84 Å². The highest BCUT2D eigenvalue weighted by atomic mass is 16.5. The molecule has 0 aliphatic rings. The number of aliphatic hydroxyl groups excluding tert-OH is 1. The van der Waals surface area contributed by atoms with Crippen LogP contribution in [0.4, 0.5) is 0 Å². The summed E-state index contributed by atoms with van der Waals surface area (Å²) in [7, 11) is 1.89. The molecule has 1 N–H and O–H groups in total. The van der Waals surface area contributed by atoms with Crippen LogP contribution >= 0.6 is 0 Å². The lowest BCUT2D eigenvalue weighted by Crippen LogP contribution is -2.15. The molecular weight excluding hydrogens is 180 g/mol. The maximum atomic E-state index is 9.50. The molecule has 0 bridgehead atoms. The van der Waals surface area contributed by atoms with E-state index in [1.54, 1.807) is 4.68 Å². The van der Waals surface area contributed by atoms with Crippen molar-refractivity contribution in [2.45, 2.75) is 25.9 Å². The first-order valence-electron chi connectivity index (χ1n) is 4.95. The van der Waals surface area contributed by atoms with Gasteiger partial charge >= 0.3 is 0 Å². The molecular formula is C10H18N2O2. The Kier molecular flexibility index (Phi) is 4.62. The fourth-order valence-electron chi connectivity index (χ4n) is 1.27. The van der Waals surface area contributed by atoms with Gasteiger partial charge in [0.1, 0.15) is 0 Å². The molecule has 0 aromatic carbocycles. The van der Waals surface area contributed by atoms with E-state index in [9.17, 15) is 5.11 Å². The molecule has 4 heteroatoms. The molecule has 0 aliphatic carbocycles. The van der Waals surface area contributed by atoms with Crippen LogP contribution in [-0.4, -0.2) is 34.2 Å². The molecule has 1 rings (SSSR count). The third kappa shape index (κ3) is 3.89. The lowest BCUT2D eigenvalue weighted by atomic mass is 10.1. The Bertz CT molecular complexity index is 260. The molecule has 14 heavy (non-hydrogen) atoms. The second kappa shape index (κ2) is 5.78. The number of nitrogens with zero attached hydrogens (tertiary/aromatic N) is 2. The van der Waals surface area contributed by atoms with Crippen molar-refractivity contribution in [1.29, 1.82) is 0 Å². The summed E-state index contributed by atoms with van der Waals surface area (Å²) in [4.78, 5) is 0. The second-order valence-corrected chi connectivity index (χ2v) is 3.37. The number of hydrogen-bond acceptors (Lipinski definition) is 3. The molecule has 0 amide bonds. The van der Waals surface area contributed by atoms with Crippen LogP contribution in [0.2, 0.25) is 0 Å². The highest BCUT2D eigenvalue weighted by Crippen LogP contribution is 2.04.